The van der Waals surface area contributed by atoms with Gasteiger partial charge in [-0.15, -0.1) is 0 Å². The molecule has 1 heterocycles. The van der Waals surface area contributed by atoms with E-state index in [0.717, 1.165) is 24.2 Å². The minimum absolute atomic E-state index is 0. The molecule has 0 radical (unpaired) electrons. The van der Waals surface area contributed by atoms with E-state index in [9.17, 15) is 9.59 Å². The van der Waals surface area contributed by atoms with Gasteiger partial charge in [-0.2, -0.15) is 0 Å². The standard InChI is InChI=1S/C25H25N2O2.BrH/c1-17-26(16-18-10-4-2-5-11-18)22-23(27(17)19-12-6-3-7-13-19)25(29)21-15-9-8-14-20(21)24(22)28;/h2,4-5,8-11,14-15,19H,3,6-7,12-13,16H2,1H3;1H/q+1;/p-1. The smallest absolute Gasteiger partial charge is 0.254 e. The van der Waals surface area contributed by atoms with Gasteiger partial charge in [-0.3, -0.25) is 9.59 Å². The van der Waals surface area contributed by atoms with Crippen LogP contribution in [0.15, 0.2) is 54.6 Å². The summed E-state index contributed by atoms with van der Waals surface area (Å²) in [5.41, 5.74) is 3.33. The van der Waals surface area contributed by atoms with Crippen molar-refractivity contribution in [2.24, 2.45) is 0 Å². The molecule has 1 aromatic heterocycles. The maximum atomic E-state index is 13.5. The fourth-order valence-corrected chi connectivity index (χ4v) is 5.02. The molecule has 3 aromatic rings. The van der Waals surface area contributed by atoms with Crippen molar-refractivity contribution in [1.82, 2.24) is 4.57 Å². The summed E-state index contributed by atoms with van der Waals surface area (Å²) in [4.78, 5) is 27.1. The molecule has 4 nitrogen and oxygen atoms in total. The van der Waals surface area contributed by atoms with Crippen molar-refractivity contribution in [3.05, 3.63) is 88.5 Å². The van der Waals surface area contributed by atoms with E-state index in [1.165, 1.54) is 19.3 Å². The van der Waals surface area contributed by atoms with Gasteiger partial charge in [-0.05, 0) is 31.2 Å². The lowest BCUT2D eigenvalue weighted by Crippen LogP contribution is -3.00. The van der Waals surface area contributed by atoms with E-state index in [1.54, 1.807) is 12.1 Å². The molecule has 0 unspecified atom stereocenters. The summed E-state index contributed by atoms with van der Waals surface area (Å²) in [6, 6.07) is 17.7. The van der Waals surface area contributed by atoms with E-state index in [2.05, 4.69) is 28.2 Å². The van der Waals surface area contributed by atoms with Crippen LogP contribution >= 0.6 is 0 Å². The summed E-state index contributed by atoms with van der Waals surface area (Å²) in [5.74, 6) is 0.944. The molecule has 0 saturated heterocycles. The van der Waals surface area contributed by atoms with Crippen LogP contribution < -0.4 is 21.5 Å². The molecule has 1 saturated carbocycles. The van der Waals surface area contributed by atoms with Crippen LogP contribution in [-0.2, 0) is 6.54 Å². The minimum Gasteiger partial charge on any atom is -1.00 e. The molecular weight excluding hydrogens is 440 g/mol. The van der Waals surface area contributed by atoms with Crippen LogP contribution in [0.3, 0.4) is 0 Å². The number of carbonyl (C=O) groups excluding carboxylic acids is 2. The highest BCUT2D eigenvalue weighted by Crippen LogP contribution is 2.34. The van der Waals surface area contributed by atoms with Crippen molar-refractivity contribution < 1.29 is 31.1 Å². The minimum atomic E-state index is -0.0382. The molecule has 2 aromatic carbocycles. The highest BCUT2D eigenvalue weighted by molar-refractivity contribution is 6.26. The highest BCUT2D eigenvalue weighted by atomic mass is 79.9. The van der Waals surface area contributed by atoms with Crippen LogP contribution in [0, 0.1) is 6.92 Å². The number of ketones is 2. The number of hydrogen-bond acceptors (Lipinski definition) is 2. The first-order valence-corrected chi connectivity index (χ1v) is 10.5. The van der Waals surface area contributed by atoms with Gasteiger partial charge in [0.2, 0.25) is 23.0 Å². The van der Waals surface area contributed by atoms with E-state index in [1.807, 2.05) is 30.3 Å². The van der Waals surface area contributed by atoms with Gasteiger partial charge in [0.05, 0.1) is 0 Å². The third-order valence-corrected chi connectivity index (χ3v) is 6.44. The Bertz CT molecular complexity index is 1110. The van der Waals surface area contributed by atoms with Crippen LogP contribution in [0.1, 0.15) is 81.6 Å². The van der Waals surface area contributed by atoms with Crippen LogP contribution in [0.25, 0.3) is 0 Å². The SMILES string of the molecule is Cc1n(C2CCCCC2)c2c([n+]1Cc1ccccc1)C(=O)c1ccccc1C2=O.[Br-]. The Hall–Kier alpha value is -2.53. The Morgan fingerprint density at radius 1 is 0.867 bits per heavy atom. The molecule has 5 rings (SSSR count). The number of rotatable bonds is 3. The molecular formula is C25H25BrN2O2. The Labute approximate surface area is 187 Å². The molecule has 5 heteroatoms. The number of carbonyl (C=O) groups is 2. The molecule has 1 fully saturated rings. The zero-order valence-corrected chi connectivity index (χ0v) is 18.7. The predicted octanol–water partition coefficient (Wildman–Crippen LogP) is 1.42. The summed E-state index contributed by atoms with van der Waals surface area (Å²) in [7, 11) is 0. The van der Waals surface area contributed by atoms with Crippen molar-refractivity contribution in [3.8, 4) is 0 Å². The Balaban J connectivity index is 0.00000218. The summed E-state index contributed by atoms with van der Waals surface area (Å²) < 4.78 is 4.25. The maximum absolute atomic E-state index is 13.5. The Morgan fingerprint density at radius 2 is 1.47 bits per heavy atom. The first-order valence-electron chi connectivity index (χ1n) is 10.5. The Morgan fingerprint density at radius 3 is 2.13 bits per heavy atom. The topological polar surface area (TPSA) is 43.0 Å². The summed E-state index contributed by atoms with van der Waals surface area (Å²) in [5, 5.41) is 0. The molecule has 0 atom stereocenters. The third kappa shape index (κ3) is 3.25. The summed E-state index contributed by atoms with van der Waals surface area (Å²) >= 11 is 0. The average Bonchev–Trinajstić information content (AvgIpc) is 3.06. The second kappa shape index (κ2) is 8.31. The molecule has 30 heavy (non-hydrogen) atoms. The van der Waals surface area contributed by atoms with Gasteiger partial charge in [-0.25, -0.2) is 9.13 Å². The highest BCUT2D eigenvalue weighted by Gasteiger charge is 2.44. The van der Waals surface area contributed by atoms with Gasteiger partial charge in [0.25, 0.3) is 5.82 Å². The Kier molecular flexibility index (Phi) is 5.74. The fraction of sp³-hybridized carbons (Fsp3) is 0.320. The van der Waals surface area contributed by atoms with Crippen molar-refractivity contribution in [2.45, 2.75) is 51.6 Å². The van der Waals surface area contributed by atoms with Gasteiger partial charge in [0, 0.05) is 18.1 Å². The second-order valence-electron chi connectivity index (χ2n) is 8.18. The monoisotopic (exact) mass is 464 g/mol. The number of halogens is 1. The zero-order valence-electron chi connectivity index (χ0n) is 17.1. The maximum Gasteiger partial charge on any atom is 0.254 e. The number of fused-ring (bicyclic) bond motifs is 2. The summed E-state index contributed by atoms with van der Waals surface area (Å²) in [6.07, 6.45) is 5.73. The van der Waals surface area contributed by atoms with Crippen molar-refractivity contribution >= 4 is 11.6 Å². The predicted molar refractivity (Wildman–Crippen MR) is 110 cm³/mol. The van der Waals surface area contributed by atoms with E-state index >= 15 is 0 Å². The first-order chi connectivity index (χ1) is 14.2. The van der Waals surface area contributed by atoms with Gasteiger partial charge in [0.1, 0.15) is 12.6 Å². The van der Waals surface area contributed by atoms with Crippen molar-refractivity contribution in [2.75, 3.05) is 0 Å². The lowest BCUT2D eigenvalue weighted by molar-refractivity contribution is -0.695. The molecule has 0 spiro atoms. The quantitative estimate of drug-likeness (QED) is 0.430. The van der Waals surface area contributed by atoms with Crippen LogP contribution in [0.5, 0.6) is 0 Å². The number of nitrogens with zero attached hydrogens (tertiary/aromatic N) is 2. The second-order valence-corrected chi connectivity index (χ2v) is 8.18. The molecule has 0 amide bonds. The van der Waals surface area contributed by atoms with E-state index in [4.69, 9.17) is 0 Å². The van der Waals surface area contributed by atoms with E-state index in [0.29, 0.717) is 29.1 Å². The van der Waals surface area contributed by atoms with Gasteiger partial charge in [-0.1, -0.05) is 61.0 Å². The van der Waals surface area contributed by atoms with Gasteiger partial charge >= 0.3 is 0 Å². The molecule has 2 aliphatic carbocycles. The van der Waals surface area contributed by atoms with Gasteiger partial charge in [0.15, 0.2) is 0 Å². The van der Waals surface area contributed by atoms with Crippen LogP contribution in [-0.4, -0.2) is 16.1 Å². The lowest BCUT2D eigenvalue weighted by Gasteiger charge is -2.21. The van der Waals surface area contributed by atoms with Crippen molar-refractivity contribution in [1.29, 1.82) is 0 Å². The number of benzene rings is 2. The van der Waals surface area contributed by atoms with Gasteiger partial charge < -0.3 is 17.0 Å². The van der Waals surface area contributed by atoms with Crippen LogP contribution in [0.2, 0.25) is 0 Å². The molecule has 0 N–H and O–H groups in total. The third-order valence-electron chi connectivity index (χ3n) is 6.44. The van der Waals surface area contributed by atoms with E-state index in [-0.39, 0.29) is 34.6 Å². The fourth-order valence-electron chi connectivity index (χ4n) is 5.02. The number of aromatic nitrogens is 2. The van der Waals surface area contributed by atoms with Crippen molar-refractivity contribution in [3.63, 3.8) is 0 Å². The first kappa shape index (κ1) is 20.7. The number of imidazole rings is 1. The molecule has 0 aliphatic heterocycles. The summed E-state index contributed by atoms with van der Waals surface area (Å²) in [6.45, 7) is 2.65. The normalized spacial score (nSPS) is 16.0. The molecule has 0 bridgehead atoms. The molecule has 2 aliphatic rings. The number of hydrogen-bond donors (Lipinski definition) is 0. The zero-order chi connectivity index (χ0) is 20.0. The van der Waals surface area contributed by atoms with Crippen LogP contribution in [0.4, 0.5) is 0 Å². The average molecular weight is 465 g/mol. The van der Waals surface area contributed by atoms with E-state index < -0.39 is 0 Å². The molecule has 154 valence electrons. The largest absolute Gasteiger partial charge is 1.00 e. The lowest BCUT2D eigenvalue weighted by atomic mass is 9.88.